The smallest absolute Gasteiger partial charge is 0.337 e. The summed E-state index contributed by atoms with van der Waals surface area (Å²) in [7, 11) is 0. The lowest BCUT2D eigenvalue weighted by atomic mass is 10.0. The molecule has 3 N–H and O–H groups in total. The number of hydrogen-bond donors (Lipinski definition) is 2. The van der Waals surface area contributed by atoms with E-state index >= 15 is 0 Å². The van der Waals surface area contributed by atoms with Crippen LogP contribution in [0.1, 0.15) is 44.1 Å². The van der Waals surface area contributed by atoms with E-state index in [9.17, 15) is 14.7 Å². The van der Waals surface area contributed by atoms with Gasteiger partial charge in [-0.2, -0.15) is 0 Å². The molecule has 0 unspecified atom stereocenters. The molecule has 1 aliphatic carbocycles. The second kappa shape index (κ2) is 6.72. The molecule has 1 aliphatic rings. The average molecular weight is 398 g/mol. The zero-order chi connectivity index (χ0) is 20.0. The summed E-state index contributed by atoms with van der Waals surface area (Å²) < 4.78 is 1.67. The third kappa shape index (κ3) is 2.82. The van der Waals surface area contributed by atoms with Gasteiger partial charge in [0.15, 0.2) is 5.69 Å². The Balaban J connectivity index is 2.07. The first-order valence-electron chi connectivity index (χ1n) is 8.62. The number of primary amides is 1. The number of fused-ring (bicyclic) bond motifs is 3. The normalized spacial score (nSPS) is 12.8. The van der Waals surface area contributed by atoms with Gasteiger partial charge in [0.05, 0.1) is 16.9 Å². The van der Waals surface area contributed by atoms with Gasteiger partial charge < -0.3 is 15.4 Å². The Morgan fingerprint density at radius 1 is 1.32 bits per heavy atom. The number of amides is 1. The predicted octanol–water partition coefficient (Wildman–Crippen LogP) is 2.58. The summed E-state index contributed by atoms with van der Waals surface area (Å²) >= 11 is 6.07. The molecule has 1 amide bonds. The fraction of sp³-hybridized carbons (Fsp3) is 0.211. The minimum Gasteiger partial charge on any atom is -0.478 e. The van der Waals surface area contributed by atoms with E-state index in [-0.39, 0.29) is 16.4 Å². The average Bonchev–Trinajstić information content (AvgIpc) is 2.93. The summed E-state index contributed by atoms with van der Waals surface area (Å²) in [5.41, 5.74) is 9.40. The minimum absolute atomic E-state index is 0.0162. The van der Waals surface area contributed by atoms with Crippen molar-refractivity contribution < 1.29 is 14.7 Å². The highest BCUT2D eigenvalue weighted by Gasteiger charge is 2.28. The van der Waals surface area contributed by atoms with Gasteiger partial charge in [-0.25, -0.2) is 19.7 Å². The summed E-state index contributed by atoms with van der Waals surface area (Å²) in [6.07, 6.45) is 6.70. The lowest BCUT2D eigenvalue weighted by molar-refractivity contribution is 0.0697. The van der Waals surface area contributed by atoms with Crippen molar-refractivity contribution in [1.82, 2.24) is 19.5 Å². The molecule has 0 saturated carbocycles. The maximum atomic E-state index is 12.0. The van der Waals surface area contributed by atoms with Crippen molar-refractivity contribution in [2.45, 2.75) is 26.2 Å². The molecule has 0 aromatic carbocycles. The van der Waals surface area contributed by atoms with Crippen molar-refractivity contribution in [3.63, 3.8) is 0 Å². The molecule has 0 spiro atoms. The van der Waals surface area contributed by atoms with Crippen molar-refractivity contribution in [3.8, 4) is 16.9 Å². The van der Waals surface area contributed by atoms with Gasteiger partial charge in [0, 0.05) is 23.7 Å². The standard InChI is InChI=1S/C19H16ClN5O3/c1-9-5-13(16(18(21)26)24-17(9)20)25-7-11(19(27)28)14-12(25)4-2-3-10-6-22-8-23-15(10)14/h5-8H,2-4H2,1H3,(H2,21,26)(H,27,28). The lowest BCUT2D eigenvalue weighted by Crippen LogP contribution is -2.18. The molecule has 3 heterocycles. The number of hydrogen-bond acceptors (Lipinski definition) is 5. The zero-order valence-corrected chi connectivity index (χ0v) is 15.7. The monoisotopic (exact) mass is 397 g/mol. The lowest BCUT2D eigenvalue weighted by Gasteiger charge is -2.14. The molecule has 0 bridgehead atoms. The Labute approximate surface area is 165 Å². The maximum absolute atomic E-state index is 12.0. The van der Waals surface area contributed by atoms with E-state index in [0.717, 1.165) is 24.1 Å². The van der Waals surface area contributed by atoms with Gasteiger partial charge in [0.25, 0.3) is 5.91 Å². The number of carboxylic acid groups (broad SMARTS) is 1. The molecule has 0 atom stereocenters. The molecular formula is C19H16ClN5O3. The molecule has 0 radical (unpaired) electrons. The summed E-state index contributed by atoms with van der Waals surface area (Å²) in [4.78, 5) is 36.5. The Kier molecular flexibility index (Phi) is 4.35. The van der Waals surface area contributed by atoms with Crippen LogP contribution in [0, 0.1) is 6.92 Å². The molecule has 4 rings (SSSR count). The third-order valence-electron chi connectivity index (χ3n) is 4.85. The van der Waals surface area contributed by atoms with Crippen molar-refractivity contribution >= 4 is 23.5 Å². The van der Waals surface area contributed by atoms with E-state index in [1.807, 2.05) is 0 Å². The third-order valence-corrected chi connectivity index (χ3v) is 5.23. The highest BCUT2D eigenvalue weighted by molar-refractivity contribution is 6.30. The van der Waals surface area contributed by atoms with E-state index in [1.54, 1.807) is 23.8 Å². The van der Waals surface area contributed by atoms with Crippen LogP contribution in [-0.2, 0) is 12.8 Å². The molecule has 0 aliphatic heterocycles. The number of aromatic nitrogens is 4. The van der Waals surface area contributed by atoms with Crippen molar-refractivity contribution in [3.05, 3.63) is 58.0 Å². The van der Waals surface area contributed by atoms with Crippen LogP contribution < -0.4 is 5.73 Å². The SMILES string of the molecule is Cc1cc(-n2cc(C(=O)O)c3c2CCCc2cncnc2-3)c(C(N)=O)nc1Cl. The Bertz CT molecular complexity index is 1140. The zero-order valence-electron chi connectivity index (χ0n) is 14.9. The van der Waals surface area contributed by atoms with Crippen LogP contribution in [0.15, 0.2) is 24.8 Å². The number of carbonyl (C=O) groups is 2. The summed E-state index contributed by atoms with van der Waals surface area (Å²) in [5.74, 6) is -1.83. The van der Waals surface area contributed by atoms with Gasteiger partial charge in [-0.1, -0.05) is 11.6 Å². The molecule has 3 aromatic heterocycles. The highest BCUT2D eigenvalue weighted by Crippen LogP contribution is 2.37. The number of pyridine rings is 1. The highest BCUT2D eigenvalue weighted by atomic mass is 35.5. The van der Waals surface area contributed by atoms with E-state index in [0.29, 0.717) is 28.9 Å². The van der Waals surface area contributed by atoms with Gasteiger partial charge in [0.2, 0.25) is 0 Å². The number of nitrogens with two attached hydrogens (primary N) is 1. The number of rotatable bonds is 3. The maximum Gasteiger partial charge on any atom is 0.337 e. The second-order valence-corrected chi connectivity index (χ2v) is 6.98. The van der Waals surface area contributed by atoms with Gasteiger partial charge in [-0.05, 0) is 43.4 Å². The van der Waals surface area contributed by atoms with Crippen molar-refractivity contribution in [1.29, 1.82) is 0 Å². The fourth-order valence-corrected chi connectivity index (χ4v) is 3.73. The molecule has 0 fully saturated rings. The predicted molar refractivity (Wildman–Crippen MR) is 102 cm³/mol. The Hall–Kier alpha value is -3.26. The van der Waals surface area contributed by atoms with Gasteiger partial charge in [-0.3, -0.25) is 4.79 Å². The Morgan fingerprint density at radius 2 is 2.11 bits per heavy atom. The first-order valence-corrected chi connectivity index (χ1v) is 9.00. The van der Waals surface area contributed by atoms with E-state index in [1.165, 1.54) is 12.5 Å². The quantitative estimate of drug-likeness (QED) is 0.654. The molecule has 0 saturated heterocycles. The van der Waals surface area contributed by atoms with Crippen LogP contribution in [0.5, 0.6) is 0 Å². The van der Waals surface area contributed by atoms with Crippen LogP contribution in [0.4, 0.5) is 0 Å². The van der Waals surface area contributed by atoms with Crippen LogP contribution in [0.2, 0.25) is 5.15 Å². The number of aryl methyl sites for hydroxylation is 2. The van der Waals surface area contributed by atoms with Crippen LogP contribution in [-0.4, -0.2) is 36.5 Å². The summed E-state index contributed by atoms with van der Waals surface area (Å²) in [6, 6.07) is 1.69. The summed E-state index contributed by atoms with van der Waals surface area (Å²) in [6.45, 7) is 1.76. The Morgan fingerprint density at radius 3 is 2.82 bits per heavy atom. The topological polar surface area (TPSA) is 124 Å². The second-order valence-electron chi connectivity index (χ2n) is 6.62. The van der Waals surface area contributed by atoms with Gasteiger partial charge in [0.1, 0.15) is 11.5 Å². The summed E-state index contributed by atoms with van der Waals surface area (Å²) in [5, 5.41) is 9.98. The molecule has 28 heavy (non-hydrogen) atoms. The molecule has 3 aromatic rings. The largest absolute Gasteiger partial charge is 0.478 e. The first-order chi connectivity index (χ1) is 13.4. The molecule has 142 valence electrons. The van der Waals surface area contributed by atoms with Crippen molar-refractivity contribution in [2.75, 3.05) is 0 Å². The van der Waals surface area contributed by atoms with Crippen LogP contribution >= 0.6 is 11.6 Å². The minimum atomic E-state index is -1.08. The van der Waals surface area contributed by atoms with E-state index < -0.39 is 11.9 Å². The fourth-order valence-electron chi connectivity index (χ4n) is 3.59. The number of carboxylic acids is 1. The number of carbonyl (C=O) groups excluding carboxylic acids is 1. The molecule has 8 nitrogen and oxygen atoms in total. The van der Waals surface area contributed by atoms with Crippen molar-refractivity contribution in [2.24, 2.45) is 5.73 Å². The number of aromatic carboxylic acids is 1. The van der Waals surface area contributed by atoms with Crippen LogP contribution in [0.3, 0.4) is 0 Å². The number of nitrogens with zero attached hydrogens (tertiary/aromatic N) is 4. The number of halogens is 1. The molecule has 9 heteroatoms. The first kappa shape index (κ1) is 18.1. The van der Waals surface area contributed by atoms with Gasteiger partial charge >= 0.3 is 5.97 Å². The van der Waals surface area contributed by atoms with E-state index in [4.69, 9.17) is 17.3 Å². The van der Waals surface area contributed by atoms with Gasteiger partial charge in [-0.15, -0.1) is 0 Å². The van der Waals surface area contributed by atoms with Crippen LogP contribution in [0.25, 0.3) is 16.9 Å². The van der Waals surface area contributed by atoms with E-state index in [2.05, 4.69) is 15.0 Å². The molecular weight excluding hydrogens is 382 g/mol.